The molecule has 2 aromatic rings. The van der Waals surface area contributed by atoms with Gasteiger partial charge in [0.2, 0.25) is 5.91 Å². The number of hydrogen-bond donors (Lipinski definition) is 1. The molecule has 8 heteroatoms. The van der Waals surface area contributed by atoms with Crippen LogP contribution in [0.4, 0.5) is 19.0 Å². The molecule has 1 amide bonds. The Morgan fingerprint density at radius 3 is 2.50 bits per heavy atom. The van der Waals surface area contributed by atoms with E-state index in [1.165, 1.54) is 5.56 Å². The van der Waals surface area contributed by atoms with Crippen molar-refractivity contribution in [1.82, 2.24) is 10.3 Å². The standard InChI is InChI=1S/C20H21ClF3N3O/c21-17-12-16(20(22,23)24)13-26-18(17)27-10-7-15(8-11-27)19(28)25-9-6-14-4-2-1-3-5-14/h1-5,12-13,15H,6-11H2,(H,25,28). The first-order chi connectivity index (χ1) is 13.3. The fraction of sp³-hybridized carbons (Fsp3) is 0.400. The van der Waals surface area contributed by atoms with Gasteiger partial charge in [-0.05, 0) is 30.9 Å². The summed E-state index contributed by atoms with van der Waals surface area (Å²) < 4.78 is 38.2. The van der Waals surface area contributed by atoms with Gasteiger partial charge in [-0.25, -0.2) is 4.98 Å². The predicted molar refractivity (Wildman–Crippen MR) is 102 cm³/mol. The largest absolute Gasteiger partial charge is 0.417 e. The first-order valence-corrected chi connectivity index (χ1v) is 9.51. The van der Waals surface area contributed by atoms with Gasteiger partial charge in [0.05, 0.1) is 10.6 Å². The number of alkyl halides is 3. The zero-order valence-corrected chi connectivity index (χ0v) is 15.9. The molecule has 1 N–H and O–H groups in total. The molecule has 1 fully saturated rings. The van der Waals surface area contributed by atoms with Crippen LogP contribution in [0.15, 0.2) is 42.6 Å². The summed E-state index contributed by atoms with van der Waals surface area (Å²) in [5.74, 6) is 0.236. The number of nitrogens with zero attached hydrogens (tertiary/aromatic N) is 2. The number of amides is 1. The smallest absolute Gasteiger partial charge is 0.356 e. The van der Waals surface area contributed by atoms with Crippen LogP contribution in [0.25, 0.3) is 0 Å². The Kier molecular flexibility index (Phi) is 6.44. The second kappa shape index (κ2) is 8.82. The molecule has 4 nitrogen and oxygen atoms in total. The molecule has 2 heterocycles. The Hall–Kier alpha value is -2.28. The van der Waals surface area contributed by atoms with Gasteiger partial charge in [-0.3, -0.25) is 4.79 Å². The summed E-state index contributed by atoms with van der Waals surface area (Å²) in [5, 5.41) is 2.94. The van der Waals surface area contributed by atoms with Crippen molar-refractivity contribution in [2.75, 3.05) is 24.5 Å². The van der Waals surface area contributed by atoms with Crippen LogP contribution in [0.2, 0.25) is 5.02 Å². The summed E-state index contributed by atoms with van der Waals surface area (Å²) in [6.45, 7) is 1.62. The van der Waals surface area contributed by atoms with Crippen molar-refractivity contribution in [3.8, 4) is 0 Å². The Morgan fingerprint density at radius 1 is 1.21 bits per heavy atom. The molecule has 0 saturated carbocycles. The number of anilines is 1. The molecule has 28 heavy (non-hydrogen) atoms. The number of nitrogens with one attached hydrogen (secondary N) is 1. The highest BCUT2D eigenvalue weighted by Crippen LogP contribution is 2.34. The second-order valence-electron chi connectivity index (χ2n) is 6.82. The topological polar surface area (TPSA) is 45.2 Å². The summed E-state index contributed by atoms with van der Waals surface area (Å²) in [7, 11) is 0. The van der Waals surface area contributed by atoms with Gasteiger partial charge in [-0.2, -0.15) is 13.2 Å². The lowest BCUT2D eigenvalue weighted by atomic mass is 9.95. The van der Waals surface area contributed by atoms with Crippen LogP contribution in [0.1, 0.15) is 24.0 Å². The molecule has 3 rings (SSSR count). The minimum Gasteiger partial charge on any atom is -0.356 e. The van der Waals surface area contributed by atoms with E-state index in [1.807, 2.05) is 35.2 Å². The number of carbonyl (C=O) groups excluding carboxylic acids is 1. The lowest BCUT2D eigenvalue weighted by Crippen LogP contribution is -2.41. The number of piperidine rings is 1. The maximum Gasteiger partial charge on any atom is 0.417 e. The zero-order valence-electron chi connectivity index (χ0n) is 15.2. The number of carbonyl (C=O) groups is 1. The zero-order chi connectivity index (χ0) is 20.1. The van der Waals surface area contributed by atoms with Crippen LogP contribution in [0.3, 0.4) is 0 Å². The quantitative estimate of drug-likeness (QED) is 0.796. The molecule has 1 aliphatic rings. The highest BCUT2D eigenvalue weighted by molar-refractivity contribution is 6.33. The minimum absolute atomic E-state index is 0.0158. The number of rotatable bonds is 5. The van der Waals surface area contributed by atoms with Crippen molar-refractivity contribution >= 4 is 23.3 Å². The van der Waals surface area contributed by atoms with Crippen LogP contribution in [-0.4, -0.2) is 30.5 Å². The lowest BCUT2D eigenvalue weighted by Gasteiger charge is -2.32. The summed E-state index contributed by atoms with van der Waals surface area (Å²) in [5.41, 5.74) is 0.301. The van der Waals surface area contributed by atoms with Crippen molar-refractivity contribution in [1.29, 1.82) is 0 Å². The van der Waals surface area contributed by atoms with E-state index < -0.39 is 11.7 Å². The lowest BCUT2D eigenvalue weighted by molar-refractivity contribution is -0.137. The molecular formula is C20H21ClF3N3O. The van der Waals surface area contributed by atoms with E-state index in [0.717, 1.165) is 18.7 Å². The molecule has 0 radical (unpaired) electrons. The SMILES string of the molecule is O=C(NCCc1ccccc1)C1CCN(c2ncc(C(F)(F)F)cc2Cl)CC1. The van der Waals surface area contributed by atoms with Crippen molar-refractivity contribution in [2.24, 2.45) is 5.92 Å². The predicted octanol–water partition coefficient (Wildman–Crippen LogP) is 4.33. The van der Waals surface area contributed by atoms with Gasteiger partial charge < -0.3 is 10.2 Å². The molecule has 0 aliphatic carbocycles. The normalized spacial score (nSPS) is 15.5. The maximum absolute atomic E-state index is 12.7. The highest BCUT2D eigenvalue weighted by atomic mass is 35.5. The van der Waals surface area contributed by atoms with Crippen molar-refractivity contribution < 1.29 is 18.0 Å². The summed E-state index contributed by atoms with van der Waals surface area (Å²) in [6.07, 6.45) is -1.69. The molecule has 0 spiro atoms. The van der Waals surface area contributed by atoms with E-state index in [9.17, 15) is 18.0 Å². The second-order valence-corrected chi connectivity index (χ2v) is 7.22. The summed E-state index contributed by atoms with van der Waals surface area (Å²) in [4.78, 5) is 18.1. The molecule has 1 aliphatic heterocycles. The van der Waals surface area contributed by atoms with Crippen LogP contribution in [0, 0.1) is 5.92 Å². The molecule has 1 aromatic heterocycles. The highest BCUT2D eigenvalue weighted by Gasteiger charge is 2.33. The van der Waals surface area contributed by atoms with E-state index in [4.69, 9.17) is 11.6 Å². The third-order valence-electron chi connectivity index (χ3n) is 4.87. The third-order valence-corrected chi connectivity index (χ3v) is 5.15. The number of benzene rings is 1. The van der Waals surface area contributed by atoms with Crippen LogP contribution >= 0.6 is 11.6 Å². The average molecular weight is 412 g/mol. The molecule has 1 saturated heterocycles. The van der Waals surface area contributed by atoms with Gasteiger partial charge in [0.1, 0.15) is 5.82 Å². The average Bonchev–Trinajstić information content (AvgIpc) is 2.68. The van der Waals surface area contributed by atoms with E-state index in [2.05, 4.69) is 10.3 Å². The fourth-order valence-electron chi connectivity index (χ4n) is 3.29. The summed E-state index contributed by atoms with van der Waals surface area (Å²) >= 11 is 6.01. The van der Waals surface area contributed by atoms with Gasteiger partial charge in [0.25, 0.3) is 0 Å². The van der Waals surface area contributed by atoms with Crippen molar-refractivity contribution in [3.05, 3.63) is 58.7 Å². The molecule has 0 unspecified atom stereocenters. The van der Waals surface area contributed by atoms with Crippen LogP contribution in [0.5, 0.6) is 0 Å². The molecular weight excluding hydrogens is 391 g/mol. The van der Waals surface area contributed by atoms with E-state index in [-0.39, 0.29) is 16.8 Å². The third kappa shape index (κ3) is 5.16. The molecule has 150 valence electrons. The van der Waals surface area contributed by atoms with E-state index in [0.29, 0.717) is 38.3 Å². The summed E-state index contributed by atoms with van der Waals surface area (Å²) in [6, 6.07) is 10.8. The van der Waals surface area contributed by atoms with Crippen molar-refractivity contribution in [3.63, 3.8) is 0 Å². The van der Waals surface area contributed by atoms with E-state index >= 15 is 0 Å². The van der Waals surface area contributed by atoms with Gasteiger partial charge >= 0.3 is 6.18 Å². The Bertz CT molecular complexity index is 806. The minimum atomic E-state index is -4.47. The molecule has 0 atom stereocenters. The Balaban J connectivity index is 1.49. The molecule has 1 aromatic carbocycles. The number of pyridine rings is 1. The number of aromatic nitrogens is 1. The van der Waals surface area contributed by atoms with Crippen molar-refractivity contribution in [2.45, 2.75) is 25.4 Å². The first kappa shape index (κ1) is 20.5. The Labute approximate surface area is 166 Å². The Morgan fingerprint density at radius 2 is 1.89 bits per heavy atom. The first-order valence-electron chi connectivity index (χ1n) is 9.14. The number of halogens is 4. The molecule has 0 bridgehead atoms. The van der Waals surface area contributed by atoms with E-state index in [1.54, 1.807) is 0 Å². The van der Waals surface area contributed by atoms with Crippen LogP contribution < -0.4 is 10.2 Å². The van der Waals surface area contributed by atoms with Gasteiger partial charge in [-0.1, -0.05) is 41.9 Å². The maximum atomic E-state index is 12.7. The van der Waals surface area contributed by atoms with Gasteiger partial charge in [0, 0.05) is 31.7 Å². The monoisotopic (exact) mass is 411 g/mol. The fourth-order valence-corrected chi connectivity index (χ4v) is 3.58. The van der Waals surface area contributed by atoms with Gasteiger partial charge in [0.15, 0.2) is 0 Å². The van der Waals surface area contributed by atoms with Gasteiger partial charge in [-0.15, -0.1) is 0 Å². The number of hydrogen-bond acceptors (Lipinski definition) is 3. The van der Waals surface area contributed by atoms with Crippen LogP contribution in [-0.2, 0) is 17.4 Å².